The van der Waals surface area contributed by atoms with Gasteiger partial charge in [0.1, 0.15) is 0 Å². The number of hydrogen-bond acceptors (Lipinski definition) is 0. The molecule has 0 fully saturated rings. The predicted octanol–water partition coefficient (Wildman–Crippen LogP) is 4.14. The minimum atomic E-state index is 0.920. The summed E-state index contributed by atoms with van der Waals surface area (Å²) in [6.45, 7) is 11.3. The lowest BCUT2D eigenvalue weighted by Crippen LogP contribution is -1.87. The highest BCUT2D eigenvalue weighted by molar-refractivity contribution is 5.42. The van der Waals surface area contributed by atoms with Crippen molar-refractivity contribution in [3.63, 3.8) is 0 Å². The van der Waals surface area contributed by atoms with Crippen LogP contribution in [0.4, 0.5) is 0 Å². The molecular weight excluding hydrogens is 168 g/mol. The Bertz CT molecular complexity index is 300. The second-order valence-corrected chi connectivity index (χ2v) is 3.39. The lowest BCUT2D eigenvalue weighted by molar-refractivity contribution is 1.07. The second-order valence-electron chi connectivity index (χ2n) is 3.39. The third kappa shape index (κ3) is 2.35. The minimum Gasteiger partial charge on any atom is -0.103 e. The van der Waals surface area contributed by atoms with Crippen LogP contribution < -0.4 is 0 Å². The summed E-state index contributed by atoms with van der Waals surface area (Å²) in [6.07, 6.45) is 13.0. The van der Waals surface area contributed by atoms with Gasteiger partial charge in [-0.3, -0.25) is 0 Å². The average molecular weight is 185 g/mol. The Labute approximate surface area is 87.0 Å². The largest absolute Gasteiger partial charge is 0.103 e. The van der Waals surface area contributed by atoms with E-state index in [2.05, 4.69) is 25.8 Å². The van der Waals surface area contributed by atoms with Crippen LogP contribution in [0.3, 0.4) is 0 Å². The van der Waals surface area contributed by atoms with Crippen molar-refractivity contribution in [3.8, 4) is 0 Å². The molecule has 0 saturated carbocycles. The Morgan fingerprint density at radius 1 is 1.00 bits per heavy atom. The van der Waals surface area contributed by atoms with E-state index < -0.39 is 0 Å². The summed E-state index contributed by atoms with van der Waals surface area (Å²) in [5.41, 5.74) is 4.15. The van der Waals surface area contributed by atoms with Gasteiger partial charge in [-0.15, -0.1) is 19.7 Å². The molecule has 0 nitrogen and oxygen atoms in total. The van der Waals surface area contributed by atoms with Crippen molar-refractivity contribution < 1.29 is 0 Å². The molecule has 0 atom stereocenters. The molecule has 1 radical (unpaired) electrons. The Kier molecular flexibility index (Phi) is 4.18. The van der Waals surface area contributed by atoms with Gasteiger partial charge in [0.25, 0.3) is 0 Å². The van der Waals surface area contributed by atoms with Crippen molar-refractivity contribution in [1.29, 1.82) is 0 Å². The molecule has 1 rings (SSSR count). The fourth-order valence-corrected chi connectivity index (χ4v) is 1.76. The summed E-state index contributed by atoms with van der Waals surface area (Å²) < 4.78 is 0. The topological polar surface area (TPSA) is 0 Å². The number of allylic oxidation sites excluding steroid dienone is 7. The van der Waals surface area contributed by atoms with E-state index in [1.165, 1.54) is 16.7 Å². The first-order valence-corrected chi connectivity index (χ1v) is 4.97. The smallest absolute Gasteiger partial charge is 0.00520 e. The first-order valence-electron chi connectivity index (χ1n) is 4.97. The summed E-state index contributed by atoms with van der Waals surface area (Å²) in [7, 11) is 0. The van der Waals surface area contributed by atoms with Gasteiger partial charge in [0.2, 0.25) is 0 Å². The molecular formula is C14H17. The molecule has 0 spiro atoms. The molecule has 0 aromatic carbocycles. The lowest BCUT2D eigenvalue weighted by atomic mass is 9.98. The molecule has 14 heavy (non-hydrogen) atoms. The summed E-state index contributed by atoms with van der Waals surface area (Å²) in [6, 6.07) is 0. The van der Waals surface area contributed by atoms with Crippen molar-refractivity contribution in [2.24, 2.45) is 0 Å². The van der Waals surface area contributed by atoms with Crippen LogP contribution in [-0.4, -0.2) is 0 Å². The van der Waals surface area contributed by atoms with E-state index in [0.29, 0.717) is 0 Å². The van der Waals surface area contributed by atoms with E-state index in [1.54, 1.807) is 0 Å². The van der Waals surface area contributed by atoms with Gasteiger partial charge < -0.3 is 0 Å². The zero-order valence-corrected chi connectivity index (χ0v) is 8.68. The van der Waals surface area contributed by atoms with Gasteiger partial charge >= 0.3 is 0 Å². The summed E-state index contributed by atoms with van der Waals surface area (Å²) in [4.78, 5) is 0. The minimum absolute atomic E-state index is 0.920. The first kappa shape index (κ1) is 10.8. The molecule has 1 aliphatic rings. The van der Waals surface area contributed by atoms with Crippen molar-refractivity contribution >= 4 is 0 Å². The van der Waals surface area contributed by atoms with Crippen LogP contribution in [0.15, 0.2) is 54.7 Å². The Hall–Kier alpha value is -1.30. The summed E-state index contributed by atoms with van der Waals surface area (Å²) in [5, 5.41) is 0. The fourth-order valence-electron chi connectivity index (χ4n) is 1.76. The van der Waals surface area contributed by atoms with Crippen LogP contribution in [0.25, 0.3) is 0 Å². The summed E-state index contributed by atoms with van der Waals surface area (Å²) in [5.74, 6) is 0. The maximum Gasteiger partial charge on any atom is -0.00520 e. The van der Waals surface area contributed by atoms with Crippen LogP contribution in [-0.2, 0) is 0 Å². The van der Waals surface area contributed by atoms with Crippen LogP contribution >= 0.6 is 0 Å². The molecule has 0 aromatic heterocycles. The molecule has 0 bridgehead atoms. The Morgan fingerprint density at radius 3 is 2.21 bits per heavy atom. The average Bonchev–Trinajstić information content (AvgIpc) is 2.52. The number of rotatable bonds is 6. The molecule has 0 aliphatic heterocycles. The van der Waals surface area contributed by atoms with Gasteiger partial charge in [-0.05, 0) is 42.9 Å². The quantitative estimate of drug-likeness (QED) is 0.545. The van der Waals surface area contributed by atoms with Gasteiger partial charge in [0.15, 0.2) is 0 Å². The second kappa shape index (κ2) is 5.43. The van der Waals surface area contributed by atoms with Gasteiger partial charge in [-0.25, -0.2) is 0 Å². The van der Waals surface area contributed by atoms with E-state index >= 15 is 0 Å². The van der Waals surface area contributed by atoms with Gasteiger partial charge in [0.05, 0.1) is 0 Å². The third-order valence-corrected chi connectivity index (χ3v) is 2.39. The molecule has 0 aromatic rings. The highest BCUT2D eigenvalue weighted by Gasteiger charge is 2.14. The monoisotopic (exact) mass is 185 g/mol. The SMILES string of the molecule is C=CCC1=[C]CC(CC=C)=C1CC=C. The standard InChI is InChI=1S/C14H17/c1-4-7-12-10-11-13(8-5-2)14(12)9-6-3/h4-6H,1-3,7-10H2. The van der Waals surface area contributed by atoms with E-state index in [0.717, 1.165) is 25.7 Å². The van der Waals surface area contributed by atoms with Gasteiger partial charge in [0, 0.05) is 0 Å². The van der Waals surface area contributed by atoms with Crippen LogP contribution in [0, 0.1) is 6.08 Å². The molecule has 73 valence electrons. The third-order valence-electron chi connectivity index (χ3n) is 2.39. The summed E-state index contributed by atoms with van der Waals surface area (Å²) >= 11 is 0. The first-order chi connectivity index (χ1) is 6.83. The molecule has 0 amide bonds. The molecule has 0 unspecified atom stereocenters. The molecule has 0 heteroatoms. The maximum absolute atomic E-state index is 3.79. The zero-order valence-electron chi connectivity index (χ0n) is 8.68. The fraction of sp³-hybridized carbons (Fsp3) is 0.286. The van der Waals surface area contributed by atoms with Crippen LogP contribution in [0.1, 0.15) is 25.7 Å². The zero-order chi connectivity index (χ0) is 10.4. The van der Waals surface area contributed by atoms with Gasteiger partial charge in [-0.1, -0.05) is 23.8 Å². The molecule has 1 aliphatic carbocycles. The van der Waals surface area contributed by atoms with Crippen molar-refractivity contribution in [2.75, 3.05) is 0 Å². The Balaban J connectivity index is 2.84. The Morgan fingerprint density at radius 2 is 1.64 bits per heavy atom. The highest BCUT2D eigenvalue weighted by Crippen LogP contribution is 2.32. The van der Waals surface area contributed by atoms with Crippen LogP contribution in [0.5, 0.6) is 0 Å². The predicted molar refractivity (Wildman–Crippen MR) is 62.8 cm³/mol. The normalized spacial score (nSPS) is 15.3. The van der Waals surface area contributed by atoms with Crippen molar-refractivity contribution in [3.05, 3.63) is 60.8 Å². The molecule has 0 saturated heterocycles. The molecule has 0 N–H and O–H groups in total. The lowest BCUT2D eigenvalue weighted by Gasteiger charge is -2.06. The maximum atomic E-state index is 3.79. The van der Waals surface area contributed by atoms with Crippen molar-refractivity contribution in [1.82, 2.24) is 0 Å². The molecule has 0 heterocycles. The van der Waals surface area contributed by atoms with E-state index in [4.69, 9.17) is 0 Å². The highest BCUT2D eigenvalue weighted by atomic mass is 14.2. The van der Waals surface area contributed by atoms with Crippen LogP contribution in [0.2, 0.25) is 0 Å². The van der Waals surface area contributed by atoms with Crippen molar-refractivity contribution in [2.45, 2.75) is 25.7 Å². The van der Waals surface area contributed by atoms with E-state index in [1.807, 2.05) is 18.2 Å². The van der Waals surface area contributed by atoms with Gasteiger partial charge in [-0.2, -0.15) is 0 Å². The van der Waals surface area contributed by atoms with E-state index in [9.17, 15) is 0 Å². The number of hydrogen-bond donors (Lipinski definition) is 0. The van der Waals surface area contributed by atoms with E-state index in [-0.39, 0.29) is 0 Å².